The standard InChI is InChI=1S/C16H20N2O3/c1-11-5-6-13(10-17-11)18-9-12-7-15(20-3)16(21-4)8-14(12)19-2/h5-8,10,18H,9H2,1-4H3. The number of ether oxygens (including phenoxy) is 3. The van der Waals surface area contributed by atoms with Gasteiger partial charge in [-0.1, -0.05) is 0 Å². The Morgan fingerprint density at radius 3 is 2.19 bits per heavy atom. The highest BCUT2D eigenvalue weighted by Crippen LogP contribution is 2.34. The molecule has 0 saturated carbocycles. The van der Waals surface area contributed by atoms with Crippen LogP contribution in [0, 0.1) is 6.92 Å². The van der Waals surface area contributed by atoms with Crippen molar-refractivity contribution in [2.24, 2.45) is 0 Å². The number of aromatic nitrogens is 1. The molecule has 5 nitrogen and oxygen atoms in total. The summed E-state index contributed by atoms with van der Waals surface area (Å²) in [6, 6.07) is 7.69. The molecule has 0 aliphatic carbocycles. The lowest BCUT2D eigenvalue weighted by molar-refractivity contribution is 0.347. The second-order valence-electron chi connectivity index (χ2n) is 4.56. The van der Waals surface area contributed by atoms with Gasteiger partial charge in [-0.2, -0.15) is 0 Å². The fourth-order valence-electron chi connectivity index (χ4n) is 2.00. The highest BCUT2D eigenvalue weighted by molar-refractivity contribution is 5.52. The van der Waals surface area contributed by atoms with Crippen LogP contribution in [0.4, 0.5) is 5.69 Å². The Bertz CT molecular complexity index is 597. The fraction of sp³-hybridized carbons (Fsp3) is 0.312. The molecule has 1 N–H and O–H groups in total. The monoisotopic (exact) mass is 288 g/mol. The van der Waals surface area contributed by atoms with E-state index in [1.807, 2.05) is 37.4 Å². The van der Waals surface area contributed by atoms with Crippen LogP contribution < -0.4 is 19.5 Å². The van der Waals surface area contributed by atoms with Gasteiger partial charge in [-0.3, -0.25) is 4.98 Å². The molecule has 0 unspecified atom stereocenters. The van der Waals surface area contributed by atoms with Crippen molar-refractivity contribution in [3.8, 4) is 17.2 Å². The van der Waals surface area contributed by atoms with Crippen LogP contribution >= 0.6 is 0 Å². The topological polar surface area (TPSA) is 52.6 Å². The first-order valence-corrected chi connectivity index (χ1v) is 6.63. The number of hydrogen-bond donors (Lipinski definition) is 1. The number of methoxy groups -OCH3 is 3. The minimum atomic E-state index is 0.605. The second-order valence-corrected chi connectivity index (χ2v) is 4.56. The van der Waals surface area contributed by atoms with Gasteiger partial charge in [0.25, 0.3) is 0 Å². The summed E-state index contributed by atoms with van der Waals surface area (Å²) in [5, 5.41) is 3.31. The average molecular weight is 288 g/mol. The molecule has 1 heterocycles. The second kappa shape index (κ2) is 6.83. The Kier molecular flexibility index (Phi) is 4.87. The summed E-state index contributed by atoms with van der Waals surface area (Å²) < 4.78 is 16.0. The normalized spacial score (nSPS) is 10.1. The van der Waals surface area contributed by atoms with E-state index in [1.54, 1.807) is 21.3 Å². The predicted molar refractivity (Wildman–Crippen MR) is 82.4 cm³/mol. The number of nitrogens with zero attached hydrogens (tertiary/aromatic N) is 1. The average Bonchev–Trinajstić information content (AvgIpc) is 2.53. The molecule has 0 aliphatic heterocycles. The van der Waals surface area contributed by atoms with Crippen LogP contribution in [0.15, 0.2) is 30.5 Å². The molecule has 0 aliphatic rings. The molecule has 0 atom stereocenters. The van der Waals surface area contributed by atoms with Gasteiger partial charge in [0, 0.05) is 23.9 Å². The summed E-state index contributed by atoms with van der Waals surface area (Å²) in [7, 11) is 4.86. The van der Waals surface area contributed by atoms with Gasteiger partial charge in [-0.05, 0) is 25.1 Å². The summed E-state index contributed by atoms with van der Waals surface area (Å²) in [6.07, 6.45) is 1.81. The number of pyridine rings is 1. The maximum absolute atomic E-state index is 5.40. The largest absolute Gasteiger partial charge is 0.496 e. The van der Waals surface area contributed by atoms with Crippen molar-refractivity contribution in [1.82, 2.24) is 4.98 Å². The van der Waals surface area contributed by atoms with Crippen LogP contribution in [0.25, 0.3) is 0 Å². The summed E-state index contributed by atoms with van der Waals surface area (Å²) in [6.45, 7) is 2.56. The SMILES string of the molecule is COc1cc(OC)c(OC)cc1CNc1ccc(C)nc1. The van der Waals surface area contributed by atoms with E-state index in [2.05, 4.69) is 10.3 Å². The highest BCUT2D eigenvalue weighted by atomic mass is 16.5. The molecule has 112 valence electrons. The maximum atomic E-state index is 5.40. The van der Waals surface area contributed by atoms with Crippen molar-refractivity contribution in [3.63, 3.8) is 0 Å². The van der Waals surface area contributed by atoms with Crippen molar-refractivity contribution in [2.45, 2.75) is 13.5 Å². The predicted octanol–water partition coefficient (Wildman–Crippen LogP) is 3.03. The van der Waals surface area contributed by atoms with Crippen LogP contribution in [-0.2, 0) is 6.54 Å². The molecule has 2 rings (SSSR count). The number of benzene rings is 1. The third kappa shape index (κ3) is 3.56. The van der Waals surface area contributed by atoms with Gasteiger partial charge in [0.2, 0.25) is 0 Å². The van der Waals surface area contributed by atoms with Crippen molar-refractivity contribution < 1.29 is 14.2 Å². The van der Waals surface area contributed by atoms with Crippen LogP contribution in [0.3, 0.4) is 0 Å². The van der Waals surface area contributed by atoms with Crippen molar-refractivity contribution in [2.75, 3.05) is 26.6 Å². The molecular weight excluding hydrogens is 268 g/mol. The number of aryl methyl sites for hydroxylation is 1. The van der Waals surface area contributed by atoms with Crippen molar-refractivity contribution in [3.05, 3.63) is 41.7 Å². The first-order chi connectivity index (χ1) is 10.2. The lowest BCUT2D eigenvalue weighted by Gasteiger charge is -2.15. The van der Waals surface area contributed by atoms with Gasteiger partial charge in [0.15, 0.2) is 11.5 Å². The van der Waals surface area contributed by atoms with E-state index in [0.29, 0.717) is 18.0 Å². The van der Waals surface area contributed by atoms with E-state index < -0.39 is 0 Å². The lowest BCUT2D eigenvalue weighted by Crippen LogP contribution is -2.03. The molecule has 1 aromatic carbocycles. The molecule has 0 saturated heterocycles. The quantitative estimate of drug-likeness (QED) is 0.885. The Morgan fingerprint density at radius 2 is 1.62 bits per heavy atom. The van der Waals surface area contributed by atoms with E-state index >= 15 is 0 Å². The summed E-state index contributed by atoms with van der Waals surface area (Å²) >= 11 is 0. The summed E-state index contributed by atoms with van der Waals surface area (Å²) in [5.74, 6) is 2.08. The van der Waals surface area contributed by atoms with E-state index in [1.165, 1.54) is 0 Å². The maximum Gasteiger partial charge on any atom is 0.164 e. The number of anilines is 1. The highest BCUT2D eigenvalue weighted by Gasteiger charge is 2.11. The van der Waals surface area contributed by atoms with Crippen molar-refractivity contribution >= 4 is 5.69 Å². The number of rotatable bonds is 6. The molecule has 2 aromatic rings. The zero-order chi connectivity index (χ0) is 15.2. The molecule has 0 fully saturated rings. The fourth-order valence-corrected chi connectivity index (χ4v) is 2.00. The minimum absolute atomic E-state index is 0.605. The lowest BCUT2D eigenvalue weighted by atomic mass is 10.1. The Morgan fingerprint density at radius 1 is 0.952 bits per heavy atom. The molecule has 21 heavy (non-hydrogen) atoms. The van der Waals surface area contributed by atoms with Crippen LogP contribution in [0.1, 0.15) is 11.3 Å². The van der Waals surface area contributed by atoms with Crippen molar-refractivity contribution in [1.29, 1.82) is 0 Å². The smallest absolute Gasteiger partial charge is 0.164 e. The third-order valence-electron chi connectivity index (χ3n) is 3.18. The first-order valence-electron chi connectivity index (χ1n) is 6.63. The Balaban J connectivity index is 2.20. The van der Waals surface area contributed by atoms with E-state index in [4.69, 9.17) is 14.2 Å². The molecular formula is C16H20N2O3. The number of nitrogens with one attached hydrogen (secondary N) is 1. The summed E-state index contributed by atoms with van der Waals surface area (Å²) in [4.78, 5) is 4.26. The third-order valence-corrected chi connectivity index (χ3v) is 3.18. The summed E-state index contributed by atoms with van der Waals surface area (Å²) in [5.41, 5.74) is 2.93. The zero-order valence-corrected chi connectivity index (χ0v) is 12.8. The van der Waals surface area contributed by atoms with Gasteiger partial charge in [0.1, 0.15) is 5.75 Å². The van der Waals surface area contributed by atoms with Gasteiger partial charge in [-0.25, -0.2) is 0 Å². The van der Waals surface area contributed by atoms with Crippen LogP contribution in [0.2, 0.25) is 0 Å². The molecule has 0 amide bonds. The van der Waals surface area contributed by atoms with E-state index in [-0.39, 0.29) is 0 Å². The van der Waals surface area contributed by atoms with E-state index in [0.717, 1.165) is 22.7 Å². The Hall–Kier alpha value is -2.43. The van der Waals surface area contributed by atoms with Gasteiger partial charge in [0.05, 0.1) is 33.2 Å². The first kappa shape index (κ1) is 15.0. The molecule has 0 spiro atoms. The molecule has 5 heteroatoms. The Labute approximate surface area is 124 Å². The van der Waals surface area contributed by atoms with Crippen LogP contribution in [-0.4, -0.2) is 26.3 Å². The minimum Gasteiger partial charge on any atom is -0.496 e. The molecule has 0 radical (unpaired) electrons. The van der Waals surface area contributed by atoms with Crippen LogP contribution in [0.5, 0.6) is 17.2 Å². The van der Waals surface area contributed by atoms with E-state index in [9.17, 15) is 0 Å². The van der Waals surface area contributed by atoms with Gasteiger partial charge >= 0.3 is 0 Å². The van der Waals surface area contributed by atoms with Gasteiger partial charge in [-0.15, -0.1) is 0 Å². The number of hydrogen-bond acceptors (Lipinski definition) is 5. The zero-order valence-electron chi connectivity index (χ0n) is 12.8. The molecule has 0 bridgehead atoms. The molecule has 1 aromatic heterocycles. The van der Waals surface area contributed by atoms with Gasteiger partial charge < -0.3 is 19.5 Å².